The van der Waals surface area contributed by atoms with Crippen molar-refractivity contribution in [2.75, 3.05) is 11.9 Å². The lowest BCUT2D eigenvalue weighted by Gasteiger charge is -2.32. The standard InChI is InChI=1S/C19H21ClN2O3S/c1-14-7-4-5-12-22(14)26(24,25)16-9-6-8-15(13-16)19(23)21-18-11-3-2-10-17(18)20/h2-3,6,8-11,13-14H,4-5,7,12H2,1H3,(H,21,23)/t14-/m0/s1. The lowest BCUT2D eigenvalue weighted by atomic mass is 10.1. The van der Waals surface area contributed by atoms with Gasteiger partial charge in [0, 0.05) is 18.2 Å². The molecule has 3 rings (SSSR count). The molecular weight excluding hydrogens is 372 g/mol. The number of hydrogen-bond donors (Lipinski definition) is 1. The maximum Gasteiger partial charge on any atom is 0.255 e. The van der Waals surface area contributed by atoms with Crippen LogP contribution in [0.25, 0.3) is 0 Å². The van der Waals surface area contributed by atoms with Gasteiger partial charge in [-0.1, -0.05) is 36.2 Å². The fraction of sp³-hybridized carbons (Fsp3) is 0.316. The van der Waals surface area contributed by atoms with E-state index >= 15 is 0 Å². The number of benzene rings is 2. The Labute approximate surface area is 159 Å². The van der Waals surface area contributed by atoms with Crippen LogP contribution < -0.4 is 5.32 Å². The van der Waals surface area contributed by atoms with Crippen molar-refractivity contribution < 1.29 is 13.2 Å². The molecule has 138 valence electrons. The summed E-state index contributed by atoms with van der Waals surface area (Å²) in [6.07, 6.45) is 2.75. The molecule has 1 N–H and O–H groups in total. The zero-order valence-corrected chi connectivity index (χ0v) is 16.1. The molecular formula is C19H21ClN2O3S. The van der Waals surface area contributed by atoms with E-state index in [1.807, 2.05) is 6.92 Å². The van der Waals surface area contributed by atoms with Crippen LogP contribution in [0.3, 0.4) is 0 Å². The van der Waals surface area contributed by atoms with E-state index in [0.29, 0.717) is 17.3 Å². The summed E-state index contributed by atoms with van der Waals surface area (Å²) in [5, 5.41) is 3.14. The van der Waals surface area contributed by atoms with Crippen molar-refractivity contribution in [1.29, 1.82) is 0 Å². The molecule has 2 aromatic carbocycles. The molecule has 26 heavy (non-hydrogen) atoms. The highest BCUT2D eigenvalue weighted by molar-refractivity contribution is 7.89. The lowest BCUT2D eigenvalue weighted by Crippen LogP contribution is -2.41. The van der Waals surface area contributed by atoms with Gasteiger partial charge in [-0.05, 0) is 50.1 Å². The molecule has 5 nitrogen and oxygen atoms in total. The summed E-state index contributed by atoms with van der Waals surface area (Å²) in [6.45, 7) is 2.43. The molecule has 1 aliphatic rings. The van der Waals surface area contributed by atoms with E-state index in [9.17, 15) is 13.2 Å². The predicted octanol–water partition coefficient (Wildman–Crippen LogP) is 4.16. The van der Waals surface area contributed by atoms with Gasteiger partial charge in [0.25, 0.3) is 5.91 Å². The van der Waals surface area contributed by atoms with Crippen LogP contribution in [-0.2, 0) is 10.0 Å². The number of rotatable bonds is 4. The number of carbonyl (C=O) groups excluding carboxylic acids is 1. The molecule has 0 saturated carbocycles. The second-order valence-electron chi connectivity index (χ2n) is 6.42. The molecule has 1 saturated heterocycles. The number of hydrogen-bond acceptors (Lipinski definition) is 3. The van der Waals surface area contributed by atoms with E-state index in [-0.39, 0.29) is 16.5 Å². The molecule has 1 aliphatic heterocycles. The topological polar surface area (TPSA) is 66.5 Å². The van der Waals surface area contributed by atoms with Crippen molar-refractivity contribution in [2.45, 2.75) is 37.1 Å². The molecule has 2 aromatic rings. The molecule has 0 bridgehead atoms. The molecule has 1 heterocycles. The Kier molecular flexibility index (Phi) is 5.65. The Morgan fingerprint density at radius 1 is 1.15 bits per heavy atom. The van der Waals surface area contributed by atoms with Gasteiger partial charge in [0.1, 0.15) is 0 Å². The van der Waals surface area contributed by atoms with E-state index in [4.69, 9.17) is 11.6 Å². The Hall–Kier alpha value is -1.89. The average molecular weight is 393 g/mol. The molecule has 0 aliphatic carbocycles. The first-order valence-electron chi connectivity index (χ1n) is 8.57. The van der Waals surface area contributed by atoms with Crippen molar-refractivity contribution in [3.05, 3.63) is 59.1 Å². The predicted molar refractivity (Wildman–Crippen MR) is 103 cm³/mol. The van der Waals surface area contributed by atoms with Crippen molar-refractivity contribution in [3.63, 3.8) is 0 Å². The highest BCUT2D eigenvalue weighted by Crippen LogP contribution is 2.26. The number of anilines is 1. The van der Waals surface area contributed by atoms with Gasteiger partial charge in [0.05, 0.1) is 15.6 Å². The fourth-order valence-corrected chi connectivity index (χ4v) is 5.05. The minimum atomic E-state index is -3.62. The number of piperidine rings is 1. The number of sulfonamides is 1. The number of carbonyl (C=O) groups is 1. The van der Waals surface area contributed by atoms with Gasteiger partial charge in [-0.15, -0.1) is 0 Å². The maximum absolute atomic E-state index is 13.0. The van der Waals surface area contributed by atoms with Crippen molar-refractivity contribution in [3.8, 4) is 0 Å². The van der Waals surface area contributed by atoms with Crippen molar-refractivity contribution in [1.82, 2.24) is 4.31 Å². The van der Waals surface area contributed by atoms with Crippen LogP contribution in [0, 0.1) is 0 Å². The SMILES string of the molecule is C[C@H]1CCCCN1S(=O)(=O)c1cccc(C(=O)Nc2ccccc2Cl)c1. The normalized spacial score (nSPS) is 18.5. The number of halogens is 1. The van der Waals surface area contributed by atoms with E-state index in [2.05, 4.69) is 5.32 Å². The summed E-state index contributed by atoms with van der Waals surface area (Å²) in [5.74, 6) is -0.401. The third kappa shape index (κ3) is 3.92. The third-order valence-electron chi connectivity index (χ3n) is 4.57. The molecule has 1 fully saturated rings. The largest absolute Gasteiger partial charge is 0.321 e. The second kappa shape index (κ2) is 7.78. The van der Waals surface area contributed by atoms with Crippen molar-refractivity contribution >= 4 is 33.2 Å². The van der Waals surface area contributed by atoms with Gasteiger partial charge in [0.2, 0.25) is 10.0 Å². The first kappa shape index (κ1) is 18.9. The zero-order valence-electron chi connectivity index (χ0n) is 14.5. The zero-order chi connectivity index (χ0) is 18.7. The summed E-state index contributed by atoms with van der Waals surface area (Å²) in [4.78, 5) is 12.6. The molecule has 0 radical (unpaired) electrons. The average Bonchev–Trinajstić information content (AvgIpc) is 2.64. The van der Waals surface area contributed by atoms with E-state index in [1.165, 1.54) is 16.4 Å². The third-order valence-corrected chi connectivity index (χ3v) is 6.91. The first-order valence-corrected chi connectivity index (χ1v) is 10.4. The van der Waals surface area contributed by atoms with Crippen LogP contribution in [-0.4, -0.2) is 31.2 Å². The number of para-hydroxylation sites is 1. The molecule has 0 spiro atoms. The molecule has 1 amide bonds. The summed E-state index contributed by atoms with van der Waals surface area (Å²) < 4.78 is 27.4. The van der Waals surface area contributed by atoms with E-state index < -0.39 is 15.9 Å². The smallest absolute Gasteiger partial charge is 0.255 e. The van der Waals surface area contributed by atoms with Crippen LogP contribution in [0.5, 0.6) is 0 Å². The minimum Gasteiger partial charge on any atom is -0.321 e. The van der Waals surface area contributed by atoms with Crippen LogP contribution in [0.15, 0.2) is 53.4 Å². The Bertz CT molecular complexity index is 915. The Morgan fingerprint density at radius 2 is 1.92 bits per heavy atom. The Morgan fingerprint density at radius 3 is 2.65 bits per heavy atom. The molecule has 0 aromatic heterocycles. The fourth-order valence-electron chi connectivity index (χ4n) is 3.12. The summed E-state index contributed by atoms with van der Waals surface area (Å²) in [7, 11) is -3.62. The van der Waals surface area contributed by atoms with Crippen LogP contribution in [0.2, 0.25) is 5.02 Å². The quantitative estimate of drug-likeness (QED) is 0.849. The highest BCUT2D eigenvalue weighted by Gasteiger charge is 2.31. The Balaban J connectivity index is 1.86. The van der Waals surface area contributed by atoms with Crippen LogP contribution in [0.1, 0.15) is 36.5 Å². The summed E-state index contributed by atoms with van der Waals surface area (Å²) in [5.41, 5.74) is 0.757. The van der Waals surface area contributed by atoms with Gasteiger partial charge in [-0.2, -0.15) is 4.31 Å². The second-order valence-corrected chi connectivity index (χ2v) is 8.72. The molecule has 7 heteroatoms. The monoisotopic (exact) mass is 392 g/mol. The summed E-state index contributed by atoms with van der Waals surface area (Å²) in [6, 6.07) is 13.0. The van der Waals surface area contributed by atoms with Gasteiger partial charge in [-0.3, -0.25) is 4.79 Å². The van der Waals surface area contributed by atoms with Gasteiger partial charge < -0.3 is 5.32 Å². The number of nitrogens with one attached hydrogen (secondary N) is 1. The van der Waals surface area contributed by atoms with Gasteiger partial charge in [-0.25, -0.2) is 8.42 Å². The van der Waals surface area contributed by atoms with E-state index in [1.54, 1.807) is 36.4 Å². The maximum atomic E-state index is 13.0. The first-order chi connectivity index (χ1) is 12.4. The van der Waals surface area contributed by atoms with Crippen LogP contribution >= 0.6 is 11.6 Å². The van der Waals surface area contributed by atoms with E-state index in [0.717, 1.165) is 19.3 Å². The van der Waals surface area contributed by atoms with Gasteiger partial charge >= 0.3 is 0 Å². The van der Waals surface area contributed by atoms with Gasteiger partial charge in [0.15, 0.2) is 0 Å². The minimum absolute atomic E-state index is 0.0330. The summed E-state index contributed by atoms with van der Waals surface area (Å²) >= 11 is 6.06. The number of amides is 1. The van der Waals surface area contributed by atoms with Crippen molar-refractivity contribution in [2.24, 2.45) is 0 Å². The number of nitrogens with zero attached hydrogens (tertiary/aromatic N) is 1. The molecule has 0 unspecified atom stereocenters. The van der Waals surface area contributed by atoms with Crippen LogP contribution in [0.4, 0.5) is 5.69 Å². The molecule has 1 atom stereocenters. The lowest BCUT2D eigenvalue weighted by molar-refractivity contribution is 0.102. The highest BCUT2D eigenvalue weighted by atomic mass is 35.5.